The third-order valence-corrected chi connectivity index (χ3v) is 6.31. The number of ether oxygens (including phenoxy) is 3. The second kappa shape index (κ2) is 7.77. The summed E-state index contributed by atoms with van der Waals surface area (Å²) >= 11 is 1.41. The van der Waals surface area contributed by atoms with Gasteiger partial charge in [-0.05, 0) is 17.7 Å². The van der Waals surface area contributed by atoms with Crippen LogP contribution < -0.4 is 10.5 Å². The third-order valence-electron chi connectivity index (χ3n) is 4.70. The van der Waals surface area contributed by atoms with Crippen LogP contribution in [0.3, 0.4) is 0 Å². The van der Waals surface area contributed by atoms with Crippen molar-refractivity contribution in [1.29, 1.82) is 0 Å². The van der Waals surface area contributed by atoms with Gasteiger partial charge in [-0.3, -0.25) is 14.4 Å². The number of thioether (sulfide) groups is 1. The average molecular weight is 394 g/mol. The number of hydrogen-bond acceptors (Lipinski definition) is 8. The molecule has 2 fully saturated rings. The first-order chi connectivity index (χ1) is 12.9. The van der Waals surface area contributed by atoms with Crippen LogP contribution in [0.4, 0.5) is 0 Å². The van der Waals surface area contributed by atoms with E-state index in [1.165, 1.54) is 18.7 Å². The monoisotopic (exact) mass is 394 g/mol. The first-order valence-electron chi connectivity index (χ1n) is 8.47. The van der Waals surface area contributed by atoms with E-state index in [0.29, 0.717) is 11.5 Å². The highest BCUT2D eigenvalue weighted by Crippen LogP contribution is 2.42. The summed E-state index contributed by atoms with van der Waals surface area (Å²) in [7, 11) is 1.57. The average Bonchev–Trinajstić information content (AvgIpc) is 2.69. The van der Waals surface area contributed by atoms with Crippen molar-refractivity contribution in [3.8, 4) is 5.75 Å². The van der Waals surface area contributed by atoms with Crippen molar-refractivity contribution in [3.05, 3.63) is 29.8 Å². The molecule has 8 nitrogen and oxygen atoms in total. The lowest BCUT2D eigenvalue weighted by molar-refractivity contribution is -0.168. The minimum absolute atomic E-state index is 0.0756. The molecule has 3 rings (SSSR count). The van der Waals surface area contributed by atoms with E-state index >= 15 is 0 Å². The fourth-order valence-electron chi connectivity index (χ4n) is 3.06. The van der Waals surface area contributed by atoms with Crippen molar-refractivity contribution < 1.29 is 28.6 Å². The summed E-state index contributed by atoms with van der Waals surface area (Å²) in [4.78, 5) is 37.7. The maximum absolute atomic E-state index is 12.9. The van der Waals surface area contributed by atoms with Gasteiger partial charge in [0.2, 0.25) is 5.91 Å². The summed E-state index contributed by atoms with van der Waals surface area (Å²) in [6, 6.07) is 6.61. The van der Waals surface area contributed by atoms with Crippen LogP contribution in [-0.2, 0) is 30.5 Å². The molecule has 2 unspecified atom stereocenters. The summed E-state index contributed by atoms with van der Waals surface area (Å²) in [6.07, 6.45) is 0. The molecule has 1 aromatic rings. The summed E-state index contributed by atoms with van der Waals surface area (Å²) in [5, 5.41) is -0.141. The summed E-state index contributed by atoms with van der Waals surface area (Å²) in [6.45, 7) is 1.35. The quantitative estimate of drug-likeness (QED) is 0.550. The second-order valence-electron chi connectivity index (χ2n) is 6.68. The Balaban J connectivity index is 1.69. The third kappa shape index (κ3) is 3.89. The number of benzene rings is 1. The largest absolute Gasteiger partial charge is 0.497 e. The van der Waals surface area contributed by atoms with Crippen LogP contribution in [-0.4, -0.2) is 60.2 Å². The minimum Gasteiger partial charge on any atom is -0.497 e. The summed E-state index contributed by atoms with van der Waals surface area (Å²) < 4.78 is 15.7. The number of esters is 2. The van der Waals surface area contributed by atoms with Crippen molar-refractivity contribution in [2.24, 2.45) is 11.1 Å². The highest BCUT2D eigenvalue weighted by molar-refractivity contribution is 8.00. The molecule has 2 aliphatic rings. The molecule has 3 atom stereocenters. The smallest absolute Gasteiger partial charge is 0.318 e. The van der Waals surface area contributed by atoms with Crippen molar-refractivity contribution >= 4 is 29.6 Å². The topological polar surface area (TPSA) is 108 Å². The molecule has 2 heterocycles. The van der Waals surface area contributed by atoms with Gasteiger partial charge in [0.1, 0.15) is 35.8 Å². The van der Waals surface area contributed by atoms with Gasteiger partial charge in [-0.25, -0.2) is 0 Å². The van der Waals surface area contributed by atoms with E-state index in [9.17, 15) is 14.4 Å². The molecule has 27 heavy (non-hydrogen) atoms. The molecular formula is C18H22N2O6S. The summed E-state index contributed by atoms with van der Waals surface area (Å²) in [5.41, 5.74) is 5.50. The van der Waals surface area contributed by atoms with Crippen molar-refractivity contribution in [2.45, 2.75) is 24.9 Å². The number of nitrogens with two attached hydrogens (primary N) is 1. The molecule has 146 valence electrons. The van der Waals surface area contributed by atoms with E-state index in [1.807, 2.05) is 0 Å². The van der Waals surface area contributed by atoms with Gasteiger partial charge < -0.3 is 24.8 Å². The van der Waals surface area contributed by atoms with Crippen LogP contribution in [0, 0.1) is 5.41 Å². The van der Waals surface area contributed by atoms with Gasteiger partial charge in [-0.1, -0.05) is 12.1 Å². The molecule has 2 N–H and O–H groups in total. The zero-order valence-electron chi connectivity index (χ0n) is 15.2. The maximum atomic E-state index is 12.9. The number of hydrogen-bond donors (Lipinski definition) is 1. The molecule has 9 heteroatoms. The molecule has 0 bridgehead atoms. The van der Waals surface area contributed by atoms with Gasteiger partial charge in [0, 0.05) is 19.2 Å². The predicted octanol–water partition coefficient (Wildman–Crippen LogP) is 0.530. The number of fused-ring (bicyclic) bond motifs is 1. The van der Waals surface area contributed by atoms with Crippen LogP contribution in [0.5, 0.6) is 5.75 Å². The number of β-lactam (4-membered cyclic amide) rings is 1. The first kappa shape index (κ1) is 19.5. The SMILES string of the molecule is COc1ccc(COC(=O)C2(COC(C)=O)CS[C@@H]3C(N)C(=O)N3C2)cc1. The lowest BCUT2D eigenvalue weighted by Gasteiger charge is -2.52. The van der Waals surface area contributed by atoms with Crippen LogP contribution in [0.25, 0.3) is 0 Å². The Morgan fingerprint density at radius 2 is 2.00 bits per heavy atom. The van der Waals surface area contributed by atoms with Gasteiger partial charge in [-0.15, -0.1) is 11.8 Å². The molecule has 0 spiro atoms. The molecule has 1 amide bonds. The lowest BCUT2D eigenvalue weighted by Crippen LogP contribution is -2.72. The fourth-order valence-corrected chi connectivity index (χ4v) is 4.53. The number of nitrogens with zero attached hydrogens (tertiary/aromatic N) is 1. The number of carbonyl (C=O) groups excluding carboxylic acids is 3. The van der Waals surface area contributed by atoms with Crippen molar-refractivity contribution in [3.63, 3.8) is 0 Å². The predicted molar refractivity (Wildman–Crippen MR) is 97.8 cm³/mol. The van der Waals surface area contributed by atoms with Gasteiger partial charge in [-0.2, -0.15) is 0 Å². The minimum atomic E-state index is -1.10. The Bertz CT molecular complexity index is 740. The van der Waals surface area contributed by atoms with Crippen LogP contribution in [0.1, 0.15) is 12.5 Å². The molecule has 0 aliphatic carbocycles. The van der Waals surface area contributed by atoms with Gasteiger partial charge in [0.15, 0.2) is 0 Å². The Hall–Kier alpha value is -2.26. The zero-order chi connectivity index (χ0) is 19.6. The highest BCUT2D eigenvalue weighted by atomic mass is 32.2. The normalized spacial score (nSPS) is 26.6. The van der Waals surface area contributed by atoms with Crippen molar-refractivity contribution in [2.75, 3.05) is 26.0 Å². The second-order valence-corrected chi connectivity index (χ2v) is 7.78. The van der Waals surface area contributed by atoms with E-state index in [4.69, 9.17) is 19.9 Å². The molecule has 1 aromatic carbocycles. The maximum Gasteiger partial charge on any atom is 0.318 e. The van der Waals surface area contributed by atoms with Gasteiger partial charge >= 0.3 is 11.9 Å². The summed E-state index contributed by atoms with van der Waals surface area (Å²) in [5.74, 6) is -0.125. The van der Waals surface area contributed by atoms with E-state index in [1.54, 1.807) is 36.3 Å². The highest BCUT2D eigenvalue weighted by Gasteiger charge is 2.56. The van der Waals surface area contributed by atoms with E-state index in [-0.39, 0.29) is 31.0 Å². The number of amides is 1. The van der Waals surface area contributed by atoms with Gasteiger partial charge in [0.05, 0.1) is 7.11 Å². The van der Waals surface area contributed by atoms with E-state index in [0.717, 1.165) is 5.56 Å². The molecular weight excluding hydrogens is 372 g/mol. The lowest BCUT2D eigenvalue weighted by atomic mass is 9.88. The standard InChI is InChI=1S/C18H22N2O6S/c1-11(21)26-9-18(8-20-15(22)14(19)16(20)27-10-18)17(23)25-7-12-3-5-13(24-2)6-4-12/h3-6,14,16H,7-10,19H2,1-2H3/t14?,16-,18?/m1/s1. The fraction of sp³-hybridized carbons (Fsp3) is 0.500. The Labute approximate surface area is 161 Å². The Morgan fingerprint density at radius 3 is 2.63 bits per heavy atom. The molecule has 0 aromatic heterocycles. The van der Waals surface area contributed by atoms with Crippen LogP contribution in [0.15, 0.2) is 24.3 Å². The molecule has 0 radical (unpaired) electrons. The van der Waals surface area contributed by atoms with E-state index in [2.05, 4.69) is 0 Å². The zero-order valence-corrected chi connectivity index (χ0v) is 16.0. The van der Waals surface area contributed by atoms with Crippen molar-refractivity contribution in [1.82, 2.24) is 4.90 Å². The van der Waals surface area contributed by atoms with Crippen LogP contribution in [0.2, 0.25) is 0 Å². The van der Waals surface area contributed by atoms with E-state index < -0.39 is 23.4 Å². The first-order valence-corrected chi connectivity index (χ1v) is 9.52. The number of rotatable bonds is 6. The number of carbonyl (C=O) groups is 3. The molecule has 2 saturated heterocycles. The Kier molecular flexibility index (Phi) is 5.61. The number of methoxy groups -OCH3 is 1. The van der Waals surface area contributed by atoms with Gasteiger partial charge in [0.25, 0.3) is 0 Å². The Morgan fingerprint density at radius 1 is 1.30 bits per heavy atom. The molecule has 0 saturated carbocycles. The molecule has 2 aliphatic heterocycles. The van der Waals surface area contributed by atoms with Crippen LogP contribution >= 0.6 is 11.8 Å².